The summed E-state index contributed by atoms with van der Waals surface area (Å²) in [6.45, 7) is 0. The van der Waals surface area contributed by atoms with Crippen LogP contribution < -0.4 is 10.9 Å². The third-order valence-corrected chi connectivity index (χ3v) is 6.16. The molecule has 4 heterocycles. The van der Waals surface area contributed by atoms with Crippen molar-refractivity contribution in [3.8, 4) is 0 Å². The van der Waals surface area contributed by atoms with Crippen LogP contribution in [0.1, 0.15) is 31.7 Å². The average Bonchev–Trinajstić information content (AvgIpc) is 2.90. The van der Waals surface area contributed by atoms with E-state index >= 15 is 0 Å². The first-order valence-corrected chi connectivity index (χ1v) is 9.61. The Labute approximate surface area is 157 Å². The maximum atomic E-state index is 13.4. The Bertz CT molecular complexity index is 1020. The van der Waals surface area contributed by atoms with Gasteiger partial charge in [-0.3, -0.25) is 14.3 Å². The van der Waals surface area contributed by atoms with Crippen LogP contribution >= 0.6 is 0 Å². The minimum atomic E-state index is 0.0425. The summed E-state index contributed by atoms with van der Waals surface area (Å²) in [5, 5.41) is 4.02. The molecule has 2 bridgehead atoms. The maximum absolute atomic E-state index is 13.4. The molecule has 138 valence electrons. The molecule has 2 fully saturated rings. The number of rotatable bonds is 3. The second kappa shape index (κ2) is 6.46. The third kappa shape index (κ3) is 2.80. The highest BCUT2D eigenvalue weighted by atomic mass is 16.1. The minimum absolute atomic E-state index is 0.0425. The van der Waals surface area contributed by atoms with Gasteiger partial charge in [0.25, 0.3) is 5.56 Å². The number of aromatic nitrogens is 3. The number of hydrogen-bond donors (Lipinski definition) is 1. The predicted molar refractivity (Wildman–Crippen MR) is 106 cm³/mol. The molecule has 0 saturated carbocycles. The summed E-state index contributed by atoms with van der Waals surface area (Å²) in [5.41, 5.74) is 1.60. The molecule has 0 amide bonds. The van der Waals surface area contributed by atoms with Gasteiger partial charge in [0.15, 0.2) is 0 Å². The van der Waals surface area contributed by atoms with Crippen molar-refractivity contribution in [2.45, 2.75) is 43.8 Å². The Kier molecular flexibility index (Phi) is 3.93. The number of hydrogen-bond acceptors (Lipinski definition) is 5. The van der Waals surface area contributed by atoms with Gasteiger partial charge in [0.1, 0.15) is 0 Å². The summed E-state index contributed by atoms with van der Waals surface area (Å²) in [5.74, 6) is 0.612. The lowest BCUT2D eigenvalue weighted by Crippen LogP contribution is -2.43. The number of nitrogens with zero attached hydrogens (tertiary/aromatic N) is 4. The predicted octanol–water partition coefficient (Wildman–Crippen LogP) is 3.33. The minimum Gasteiger partial charge on any atom is -0.324 e. The highest BCUT2D eigenvalue weighted by Crippen LogP contribution is 2.40. The first-order valence-electron chi connectivity index (χ1n) is 9.61. The Hall–Kier alpha value is -2.73. The molecule has 0 aliphatic carbocycles. The molecule has 2 aliphatic rings. The van der Waals surface area contributed by atoms with Crippen LogP contribution in [0, 0.1) is 0 Å². The fraction of sp³-hybridized carbons (Fsp3) is 0.381. The standard InChI is InChI=1S/C21H23N5O/c1-25-15-8-9-16(25)12-17(11-15)26-20(27)18-6-2-3-7-19(18)24-21(26)23-14-5-4-10-22-13-14/h2-7,10,13,15-17H,8-9,11-12H2,1H3,(H,23,24)/t15-,16+,17-. The Morgan fingerprint density at radius 3 is 2.56 bits per heavy atom. The number of nitrogens with one attached hydrogen (secondary N) is 1. The molecule has 0 unspecified atom stereocenters. The van der Waals surface area contributed by atoms with E-state index in [2.05, 4.69) is 22.2 Å². The van der Waals surface area contributed by atoms with Crippen molar-refractivity contribution in [1.29, 1.82) is 0 Å². The monoisotopic (exact) mass is 361 g/mol. The van der Waals surface area contributed by atoms with Crippen molar-refractivity contribution in [1.82, 2.24) is 19.4 Å². The smallest absolute Gasteiger partial charge is 0.263 e. The number of benzene rings is 1. The number of fused-ring (bicyclic) bond motifs is 3. The molecule has 5 rings (SSSR count). The topological polar surface area (TPSA) is 63.1 Å². The number of piperidine rings is 1. The van der Waals surface area contributed by atoms with E-state index in [0.29, 0.717) is 23.4 Å². The van der Waals surface area contributed by atoms with Crippen molar-refractivity contribution in [2.75, 3.05) is 12.4 Å². The molecule has 6 heteroatoms. The SMILES string of the molecule is CN1[C@@H]2CC[C@H]1C[C@H](n1c(Nc3cccnc3)nc3ccccc3c1=O)C2. The molecule has 2 saturated heterocycles. The molecular weight excluding hydrogens is 338 g/mol. The van der Waals surface area contributed by atoms with E-state index in [0.717, 1.165) is 24.0 Å². The van der Waals surface area contributed by atoms with Gasteiger partial charge in [0.05, 0.1) is 22.8 Å². The van der Waals surface area contributed by atoms with Crippen molar-refractivity contribution in [3.05, 3.63) is 59.1 Å². The quantitative estimate of drug-likeness (QED) is 0.775. The molecule has 6 nitrogen and oxygen atoms in total. The van der Waals surface area contributed by atoms with Crippen LogP contribution in [-0.2, 0) is 0 Å². The molecule has 3 aromatic rings. The Morgan fingerprint density at radius 2 is 1.81 bits per heavy atom. The number of pyridine rings is 1. The molecular formula is C21H23N5O. The fourth-order valence-electron chi connectivity index (χ4n) is 4.73. The Balaban J connectivity index is 1.64. The second-order valence-corrected chi connectivity index (χ2v) is 7.67. The fourth-order valence-corrected chi connectivity index (χ4v) is 4.73. The molecule has 3 atom stereocenters. The van der Waals surface area contributed by atoms with Crippen LogP contribution in [0.5, 0.6) is 0 Å². The van der Waals surface area contributed by atoms with E-state index in [1.165, 1.54) is 12.8 Å². The maximum Gasteiger partial charge on any atom is 0.263 e. The molecule has 27 heavy (non-hydrogen) atoms. The molecule has 2 aromatic heterocycles. The van der Waals surface area contributed by atoms with E-state index in [9.17, 15) is 4.79 Å². The molecule has 1 aromatic carbocycles. The lowest BCUT2D eigenvalue weighted by Gasteiger charge is -2.37. The summed E-state index contributed by atoms with van der Waals surface area (Å²) < 4.78 is 1.90. The summed E-state index contributed by atoms with van der Waals surface area (Å²) in [4.78, 5) is 24.9. The average molecular weight is 361 g/mol. The van der Waals surface area contributed by atoms with Gasteiger partial charge in [-0.2, -0.15) is 0 Å². The van der Waals surface area contributed by atoms with Crippen LogP contribution in [0.15, 0.2) is 53.6 Å². The highest BCUT2D eigenvalue weighted by molar-refractivity contribution is 5.79. The molecule has 0 spiro atoms. The van der Waals surface area contributed by atoms with Gasteiger partial charge < -0.3 is 10.2 Å². The van der Waals surface area contributed by atoms with E-state index in [4.69, 9.17) is 4.98 Å². The first-order chi connectivity index (χ1) is 13.2. The molecule has 2 aliphatic heterocycles. The zero-order chi connectivity index (χ0) is 18.4. The van der Waals surface area contributed by atoms with Crippen LogP contribution in [0.3, 0.4) is 0 Å². The van der Waals surface area contributed by atoms with Crippen LogP contribution in [0.2, 0.25) is 0 Å². The lowest BCUT2D eigenvalue weighted by molar-refractivity contribution is 0.136. The lowest BCUT2D eigenvalue weighted by atomic mass is 9.97. The van der Waals surface area contributed by atoms with Crippen LogP contribution in [0.25, 0.3) is 10.9 Å². The highest BCUT2D eigenvalue weighted by Gasteiger charge is 2.40. The Morgan fingerprint density at radius 1 is 1.04 bits per heavy atom. The van der Waals surface area contributed by atoms with Crippen LogP contribution in [0.4, 0.5) is 11.6 Å². The van der Waals surface area contributed by atoms with Crippen molar-refractivity contribution in [2.24, 2.45) is 0 Å². The number of para-hydroxylation sites is 1. The zero-order valence-corrected chi connectivity index (χ0v) is 15.4. The van der Waals surface area contributed by atoms with E-state index in [-0.39, 0.29) is 11.6 Å². The van der Waals surface area contributed by atoms with Crippen molar-refractivity contribution < 1.29 is 0 Å². The summed E-state index contributed by atoms with van der Waals surface area (Å²) in [6.07, 6.45) is 7.92. The molecule has 1 N–H and O–H groups in total. The van der Waals surface area contributed by atoms with Crippen LogP contribution in [-0.4, -0.2) is 38.6 Å². The zero-order valence-electron chi connectivity index (χ0n) is 15.4. The van der Waals surface area contributed by atoms with Gasteiger partial charge in [-0.05, 0) is 57.0 Å². The second-order valence-electron chi connectivity index (χ2n) is 7.67. The van der Waals surface area contributed by atoms with Crippen molar-refractivity contribution >= 4 is 22.5 Å². The molecule has 0 radical (unpaired) electrons. The van der Waals surface area contributed by atoms with E-state index in [1.54, 1.807) is 12.4 Å². The summed E-state index contributed by atoms with van der Waals surface area (Å²) in [6, 6.07) is 12.7. The van der Waals surface area contributed by atoms with Crippen molar-refractivity contribution in [3.63, 3.8) is 0 Å². The first kappa shape index (κ1) is 16.4. The largest absolute Gasteiger partial charge is 0.324 e. The van der Waals surface area contributed by atoms with Gasteiger partial charge >= 0.3 is 0 Å². The van der Waals surface area contributed by atoms with Gasteiger partial charge in [0.2, 0.25) is 5.95 Å². The van der Waals surface area contributed by atoms with Gasteiger partial charge in [-0.25, -0.2) is 4.98 Å². The van der Waals surface area contributed by atoms with Gasteiger partial charge in [0, 0.05) is 24.3 Å². The summed E-state index contributed by atoms with van der Waals surface area (Å²) in [7, 11) is 2.22. The van der Waals surface area contributed by atoms with Gasteiger partial charge in [-0.1, -0.05) is 12.1 Å². The van der Waals surface area contributed by atoms with E-state index < -0.39 is 0 Å². The normalized spacial score (nSPS) is 25.0. The number of anilines is 2. The summed E-state index contributed by atoms with van der Waals surface area (Å²) >= 11 is 0. The van der Waals surface area contributed by atoms with E-state index in [1.807, 2.05) is 41.0 Å². The third-order valence-electron chi connectivity index (χ3n) is 6.16. The van der Waals surface area contributed by atoms with Gasteiger partial charge in [-0.15, -0.1) is 0 Å².